The Hall–Kier alpha value is -1.84. The number of benzene rings is 1. The van der Waals surface area contributed by atoms with Crippen LogP contribution in [-0.4, -0.2) is 9.49 Å². The van der Waals surface area contributed by atoms with Crippen molar-refractivity contribution in [3.8, 4) is 0 Å². The van der Waals surface area contributed by atoms with E-state index < -0.39 is 0 Å². The van der Waals surface area contributed by atoms with Crippen LogP contribution in [0.3, 0.4) is 0 Å². The lowest BCUT2D eigenvalue weighted by Gasteiger charge is -1.97. The number of hydrogen-bond acceptors (Lipinski definition) is 2. The number of hydrogen-bond donors (Lipinski definition) is 0. The van der Waals surface area contributed by atoms with Crippen molar-refractivity contribution in [1.82, 2.24) is 4.57 Å². The Labute approximate surface area is 80.9 Å². The molecule has 2 aromatic rings. The SMILES string of the molecule is Cc1cc2c([N+](=O)[O-])cccc2n1C. The van der Waals surface area contributed by atoms with E-state index in [1.807, 2.05) is 30.7 Å². The Morgan fingerprint density at radius 2 is 2.14 bits per heavy atom. The van der Waals surface area contributed by atoms with E-state index in [1.54, 1.807) is 6.07 Å². The van der Waals surface area contributed by atoms with Crippen LogP contribution in [0.5, 0.6) is 0 Å². The fraction of sp³-hybridized carbons (Fsp3) is 0.200. The summed E-state index contributed by atoms with van der Waals surface area (Å²) in [6.45, 7) is 1.93. The molecule has 72 valence electrons. The average Bonchev–Trinajstić information content (AvgIpc) is 2.43. The zero-order valence-electron chi connectivity index (χ0n) is 8.02. The van der Waals surface area contributed by atoms with Crippen molar-refractivity contribution in [2.45, 2.75) is 6.92 Å². The highest BCUT2D eigenvalue weighted by atomic mass is 16.6. The first kappa shape index (κ1) is 8.74. The van der Waals surface area contributed by atoms with E-state index in [-0.39, 0.29) is 10.6 Å². The predicted octanol–water partition coefficient (Wildman–Crippen LogP) is 2.39. The van der Waals surface area contributed by atoms with Gasteiger partial charge in [-0.05, 0) is 19.1 Å². The molecule has 0 aliphatic rings. The molecule has 1 aromatic carbocycles. The molecule has 2 rings (SSSR count). The monoisotopic (exact) mass is 190 g/mol. The number of non-ortho nitro benzene ring substituents is 1. The van der Waals surface area contributed by atoms with Gasteiger partial charge in [0.15, 0.2) is 0 Å². The lowest BCUT2D eigenvalue weighted by Crippen LogP contribution is -1.90. The summed E-state index contributed by atoms with van der Waals surface area (Å²) in [5.41, 5.74) is 2.09. The average molecular weight is 190 g/mol. The van der Waals surface area contributed by atoms with Gasteiger partial charge in [0.1, 0.15) is 0 Å². The molecule has 14 heavy (non-hydrogen) atoms. The molecule has 4 heteroatoms. The van der Waals surface area contributed by atoms with Gasteiger partial charge in [0.2, 0.25) is 0 Å². The molecule has 0 spiro atoms. The highest BCUT2D eigenvalue weighted by Crippen LogP contribution is 2.27. The quantitative estimate of drug-likeness (QED) is 0.512. The number of aryl methyl sites for hydroxylation is 2. The van der Waals surface area contributed by atoms with Crippen molar-refractivity contribution in [3.05, 3.63) is 40.1 Å². The van der Waals surface area contributed by atoms with E-state index in [0.29, 0.717) is 5.39 Å². The number of aromatic nitrogens is 1. The smallest absolute Gasteiger partial charge is 0.278 e. The van der Waals surface area contributed by atoms with Crippen LogP contribution in [0.25, 0.3) is 10.9 Å². The minimum Gasteiger partial charge on any atom is -0.348 e. The molecule has 0 saturated carbocycles. The van der Waals surface area contributed by atoms with Crippen LogP contribution in [0.1, 0.15) is 5.69 Å². The third kappa shape index (κ3) is 1.08. The Kier molecular flexibility index (Phi) is 1.77. The zero-order valence-corrected chi connectivity index (χ0v) is 8.02. The molecular weight excluding hydrogens is 180 g/mol. The van der Waals surface area contributed by atoms with Gasteiger partial charge in [0.05, 0.1) is 15.8 Å². The van der Waals surface area contributed by atoms with Crippen molar-refractivity contribution in [1.29, 1.82) is 0 Å². The predicted molar refractivity (Wildman–Crippen MR) is 54.3 cm³/mol. The number of nitrogens with zero attached hydrogens (tertiary/aromatic N) is 2. The molecule has 0 N–H and O–H groups in total. The molecular formula is C10H10N2O2. The van der Waals surface area contributed by atoms with Crippen LogP contribution in [0.4, 0.5) is 5.69 Å². The second kappa shape index (κ2) is 2.83. The van der Waals surface area contributed by atoms with Gasteiger partial charge in [0.25, 0.3) is 5.69 Å². The second-order valence-corrected chi connectivity index (χ2v) is 3.31. The minimum atomic E-state index is -0.345. The van der Waals surface area contributed by atoms with Gasteiger partial charge in [0, 0.05) is 18.8 Å². The number of fused-ring (bicyclic) bond motifs is 1. The first-order valence-corrected chi connectivity index (χ1v) is 4.30. The van der Waals surface area contributed by atoms with Crippen LogP contribution < -0.4 is 0 Å². The summed E-state index contributed by atoms with van der Waals surface area (Å²) in [5.74, 6) is 0. The third-order valence-electron chi connectivity index (χ3n) is 2.50. The summed E-state index contributed by atoms with van der Waals surface area (Å²) in [6.07, 6.45) is 0. The van der Waals surface area contributed by atoms with Crippen LogP contribution in [0, 0.1) is 17.0 Å². The summed E-state index contributed by atoms with van der Waals surface area (Å²) < 4.78 is 1.95. The lowest BCUT2D eigenvalue weighted by molar-refractivity contribution is -0.383. The van der Waals surface area contributed by atoms with Crippen LogP contribution >= 0.6 is 0 Å². The fourth-order valence-corrected chi connectivity index (χ4v) is 1.64. The molecule has 1 aromatic heterocycles. The van der Waals surface area contributed by atoms with Gasteiger partial charge < -0.3 is 4.57 Å². The molecule has 0 atom stereocenters. The first-order valence-electron chi connectivity index (χ1n) is 4.30. The lowest BCUT2D eigenvalue weighted by atomic mass is 10.2. The number of rotatable bonds is 1. The molecule has 4 nitrogen and oxygen atoms in total. The summed E-state index contributed by atoms with van der Waals surface area (Å²) >= 11 is 0. The highest BCUT2D eigenvalue weighted by Gasteiger charge is 2.13. The molecule has 1 heterocycles. The zero-order chi connectivity index (χ0) is 10.3. The van der Waals surface area contributed by atoms with E-state index in [1.165, 1.54) is 6.07 Å². The summed E-state index contributed by atoms with van der Waals surface area (Å²) in [6, 6.07) is 6.96. The van der Waals surface area contributed by atoms with E-state index in [2.05, 4.69) is 0 Å². The fourth-order valence-electron chi connectivity index (χ4n) is 1.64. The van der Waals surface area contributed by atoms with Gasteiger partial charge in [-0.3, -0.25) is 10.1 Å². The Bertz CT molecular complexity index is 514. The normalized spacial score (nSPS) is 10.7. The van der Waals surface area contributed by atoms with E-state index in [9.17, 15) is 10.1 Å². The molecule has 0 aliphatic carbocycles. The maximum Gasteiger partial charge on any atom is 0.278 e. The molecule has 0 aliphatic heterocycles. The van der Waals surface area contributed by atoms with Crippen LogP contribution in [0.15, 0.2) is 24.3 Å². The summed E-state index contributed by atoms with van der Waals surface area (Å²) in [5, 5.41) is 11.4. The van der Waals surface area contributed by atoms with E-state index >= 15 is 0 Å². The molecule has 0 amide bonds. The van der Waals surface area contributed by atoms with Crippen molar-refractivity contribution in [2.24, 2.45) is 7.05 Å². The Morgan fingerprint density at radius 3 is 2.79 bits per heavy atom. The Balaban J connectivity index is 2.88. The molecule has 0 radical (unpaired) electrons. The highest BCUT2D eigenvalue weighted by molar-refractivity contribution is 5.89. The molecule has 0 unspecified atom stereocenters. The summed E-state index contributed by atoms with van der Waals surface area (Å²) in [4.78, 5) is 10.4. The van der Waals surface area contributed by atoms with Crippen molar-refractivity contribution >= 4 is 16.6 Å². The number of nitro groups is 1. The summed E-state index contributed by atoms with van der Waals surface area (Å²) in [7, 11) is 1.90. The van der Waals surface area contributed by atoms with Gasteiger partial charge >= 0.3 is 0 Å². The molecule has 0 saturated heterocycles. The van der Waals surface area contributed by atoms with Crippen LogP contribution in [-0.2, 0) is 7.05 Å². The van der Waals surface area contributed by atoms with Crippen molar-refractivity contribution < 1.29 is 4.92 Å². The largest absolute Gasteiger partial charge is 0.348 e. The standard InChI is InChI=1S/C10H10N2O2/c1-7-6-8-9(11(7)2)4-3-5-10(8)12(13)14/h3-6H,1-2H3. The van der Waals surface area contributed by atoms with Gasteiger partial charge in [-0.1, -0.05) is 6.07 Å². The second-order valence-electron chi connectivity index (χ2n) is 3.31. The van der Waals surface area contributed by atoms with Crippen LogP contribution in [0.2, 0.25) is 0 Å². The van der Waals surface area contributed by atoms with Gasteiger partial charge in [-0.2, -0.15) is 0 Å². The van der Waals surface area contributed by atoms with Crippen molar-refractivity contribution in [2.75, 3.05) is 0 Å². The minimum absolute atomic E-state index is 0.172. The first-order chi connectivity index (χ1) is 6.61. The molecule has 0 fully saturated rings. The Morgan fingerprint density at radius 1 is 1.43 bits per heavy atom. The number of nitro benzene ring substituents is 1. The van der Waals surface area contributed by atoms with Gasteiger partial charge in [-0.15, -0.1) is 0 Å². The molecule has 0 bridgehead atoms. The van der Waals surface area contributed by atoms with Crippen molar-refractivity contribution in [3.63, 3.8) is 0 Å². The van der Waals surface area contributed by atoms with Gasteiger partial charge in [-0.25, -0.2) is 0 Å². The van der Waals surface area contributed by atoms with E-state index in [0.717, 1.165) is 11.2 Å². The maximum absolute atomic E-state index is 10.7. The topological polar surface area (TPSA) is 48.1 Å². The van der Waals surface area contributed by atoms with E-state index in [4.69, 9.17) is 0 Å². The third-order valence-corrected chi connectivity index (χ3v) is 2.50. The maximum atomic E-state index is 10.7.